The smallest absolute Gasteiger partial charge is 0.251 e. The van der Waals surface area contributed by atoms with Crippen molar-refractivity contribution in [3.05, 3.63) is 95.6 Å². The van der Waals surface area contributed by atoms with Crippen LogP contribution in [-0.4, -0.2) is 27.9 Å². The summed E-state index contributed by atoms with van der Waals surface area (Å²) in [6.45, 7) is 0.518. The molecule has 0 unspecified atom stereocenters. The molecule has 5 heteroatoms. The molecule has 0 aliphatic carbocycles. The highest BCUT2D eigenvalue weighted by molar-refractivity contribution is 5.97. The summed E-state index contributed by atoms with van der Waals surface area (Å²) in [5.74, 6) is -0.0242. The number of rotatable bonds is 5. The van der Waals surface area contributed by atoms with Crippen molar-refractivity contribution >= 4 is 16.9 Å². The number of benzene rings is 3. The lowest BCUT2D eigenvalue weighted by molar-refractivity contribution is 0.0952. The van der Waals surface area contributed by atoms with E-state index in [2.05, 4.69) is 45.0 Å². The molecule has 0 radical (unpaired) electrons. The summed E-state index contributed by atoms with van der Waals surface area (Å²) >= 11 is 0. The van der Waals surface area contributed by atoms with E-state index in [-0.39, 0.29) is 11.8 Å². The Morgan fingerprint density at radius 3 is 2.23 bits per heavy atom. The molecule has 128 valence electrons. The van der Waals surface area contributed by atoms with Gasteiger partial charge in [0, 0.05) is 18.0 Å². The Labute approximate surface area is 151 Å². The molecule has 1 heterocycles. The number of carbonyl (C=O) groups is 1. The summed E-state index contributed by atoms with van der Waals surface area (Å²) in [6, 6.07) is 25.8. The van der Waals surface area contributed by atoms with Crippen LogP contribution in [-0.2, 0) is 0 Å². The molecule has 5 nitrogen and oxygen atoms in total. The molecular weight excluding hydrogens is 324 g/mol. The Kier molecular flexibility index (Phi) is 4.43. The van der Waals surface area contributed by atoms with Crippen LogP contribution < -0.4 is 5.32 Å². The van der Waals surface area contributed by atoms with Gasteiger partial charge in [0.25, 0.3) is 5.91 Å². The van der Waals surface area contributed by atoms with E-state index in [0.29, 0.717) is 17.6 Å². The fraction of sp³-hybridized carbons (Fsp3) is 0.0952. The fourth-order valence-electron chi connectivity index (χ4n) is 3.08. The Morgan fingerprint density at radius 1 is 0.923 bits per heavy atom. The van der Waals surface area contributed by atoms with Gasteiger partial charge in [-0.1, -0.05) is 65.9 Å². The molecule has 4 aromatic rings. The number of hydrogen-bond acceptors (Lipinski definition) is 3. The zero-order valence-corrected chi connectivity index (χ0v) is 14.1. The number of aromatic amines is 1. The molecule has 2 N–H and O–H groups in total. The van der Waals surface area contributed by atoms with Crippen LogP contribution in [0.15, 0.2) is 78.9 Å². The van der Waals surface area contributed by atoms with Crippen molar-refractivity contribution < 1.29 is 4.79 Å². The van der Waals surface area contributed by atoms with Crippen LogP contribution in [0.1, 0.15) is 27.4 Å². The van der Waals surface area contributed by atoms with Gasteiger partial charge in [-0.3, -0.25) is 9.89 Å². The van der Waals surface area contributed by atoms with Crippen molar-refractivity contribution in [1.29, 1.82) is 0 Å². The van der Waals surface area contributed by atoms with Crippen molar-refractivity contribution in [2.45, 2.75) is 5.92 Å². The number of nitrogens with one attached hydrogen (secondary N) is 2. The van der Waals surface area contributed by atoms with E-state index in [4.69, 9.17) is 0 Å². The SMILES string of the molecule is O=C(NCC(c1ccccc1)c1ccccc1)c1ccc2[nH]nnc2c1. The zero-order valence-electron chi connectivity index (χ0n) is 14.1. The molecule has 0 aliphatic rings. The molecule has 26 heavy (non-hydrogen) atoms. The second-order valence-electron chi connectivity index (χ2n) is 6.13. The molecule has 1 amide bonds. The molecule has 0 saturated heterocycles. The molecular formula is C21H18N4O. The number of fused-ring (bicyclic) bond motifs is 1. The van der Waals surface area contributed by atoms with Crippen molar-refractivity contribution in [3.63, 3.8) is 0 Å². The normalized spacial score (nSPS) is 11.0. The minimum Gasteiger partial charge on any atom is -0.351 e. The molecule has 0 fully saturated rings. The number of H-pyrrole nitrogens is 1. The van der Waals surface area contributed by atoms with Crippen LogP contribution in [0.4, 0.5) is 0 Å². The average molecular weight is 342 g/mol. The maximum atomic E-state index is 12.6. The summed E-state index contributed by atoms with van der Waals surface area (Å²) in [5.41, 5.74) is 4.41. The molecule has 0 spiro atoms. The first-order chi connectivity index (χ1) is 12.8. The van der Waals surface area contributed by atoms with Gasteiger partial charge in [0.2, 0.25) is 0 Å². The lowest BCUT2D eigenvalue weighted by Gasteiger charge is -2.19. The largest absolute Gasteiger partial charge is 0.351 e. The van der Waals surface area contributed by atoms with Gasteiger partial charge in [-0.05, 0) is 29.3 Å². The second-order valence-corrected chi connectivity index (χ2v) is 6.13. The zero-order chi connectivity index (χ0) is 17.8. The molecule has 0 bridgehead atoms. The lowest BCUT2D eigenvalue weighted by atomic mass is 9.91. The van der Waals surface area contributed by atoms with Crippen molar-refractivity contribution in [2.24, 2.45) is 0 Å². The predicted octanol–water partition coefficient (Wildman–Crippen LogP) is 3.52. The third-order valence-corrected chi connectivity index (χ3v) is 4.46. The summed E-state index contributed by atoms with van der Waals surface area (Å²) in [6.07, 6.45) is 0. The molecule has 0 aliphatic heterocycles. The van der Waals surface area contributed by atoms with Gasteiger partial charge >= 0.3 is 0 Å². The maximum absolute atomic E-state index is 12.6. The highest BCUT2D eigenvalue weighted by Crippen LogP contribution is 2.23. The lowest BCUT2D eigenvalue weighted by Crippen LogP contribution is -2.28. The van der Waals surface area contributed by atoms with Gasteiger partial charge in [-0.15, -0.1) is 5.10 Å². The van der Waals surface area contributed by atoms with Crippen LogP contribution in [0.25, 0.3) is 11.0 Å². The first kappa shape index (κ1) is 16.0. The van der Waals surface area contributed by atoms with Gasteiger partial charge in [-0.2, -0.15) is 0 Å². The van der Waals surface area contributed by atoms with Crippen molar-refractivity contribution in [2.75, 3.05) is 6.54 Å². The van der Waals surface area contributed by atoms with Gasteiger partial charge in [-0.25, -0.2) is 0 Å². The quantitative estimate of drug-likeness (QED) is 0.583. The maximum Gasteiger partial charge on any atom is 0.251 e. The molecule has 4 rings (SSSR count). The minimum absolute atomic E-state index is 0.0946. The van der Waals surface area contributed by atoms with Crippen LogP contribution in [0, 0.1) is 0 Å². The number of amides is 1. The number of aromatic nitrogens is 3. The Morgan fingerprint density at radius 2 is 1.58 bits per heavy atom. The topological polar surface area (TPSA) is 70.7 Å². The van der Waals surface area contributed by atoms with E-state index >= 15 is 0 Å². The van der Waals surface area contributed by atoms with Crippen LogP contribution in [0.2, 0.25) is 0 Å². The summed E-state index contributed by atoms with van der Waals surface area (Å²) in [4.78, 5) is 12.6. The van der Waals surface area contributed by atoms with Crippen LogP contribution >= 0.6 is 0 Å². The van der Waals surface area contributed by atoms with E-state index in [1.807, 2.05) is 42.5 Å². The van der Waals surface area contributed by atoms with E-state index < -0.39 is 0 Å². The summed E-state index contributed by atoms with van der Waals surface area (Å²) < 4.78 is 0. The molecule has 3 aromatic carbocycles. The van der Waals surface area contributed by atoms with E-state index in [9.17, 15) is 4.79 Å². The highest BCUT2D eigenvalue weighted by Gasteiger charge is 2.16. The number of nitrogens with zero attached hydrogens (tertiary/aromatic N) is 2. The second kappa shape index (κ2) is 7.19. The van der Waals surface area contributed by atoms with Crippen LogP contribution in [0.5, 0.6) is 0 Å². The third kappa shape index (κ3) is 3.32. The van der Waals surface area contributed by atoms with E-state index in [0.717, 1.165) is 5.52 Å². The van der Waals surface area contributed by atoms with Gasteiger partial charge in [0.15, 0.2) is 0 Å². The van der Waals surface area contributed by atoms with E-state index in [1.54, 1.807) is 12.1 Å². The monoisotopic (exact) mass is 342 g/mol. The van der Waals surface area contributed by atoms with Gasteiger partial charge in [0.1, 0.15) is 5.52 Å². The highest BCUT2D eigenvalue weighted by atomic mass is 16.1. The summed E-state index contributed by atoms with van der Waals surface area (Å²) in [5, 5.41) is 13.6. The Bertz CT molecular complexity index is 972. The van der Waals surface area contributed by atoms with Gasteiger partial charge in [0.05, 0.1) is 5.52 Å². The predicted molar refractivity (Wildman–Crippen MR) is 101 cm³/mol. The Balaban J connectivity index is 1.55. The van der Waals surface area contributed by atoms with E-state index in [1.165, 1.54) is 11.1 Å². The van der Waals surface area contributed by atoms with Crippen LogP contribution in [0.3, 0.4) is 0 Å². The molecule has 1 aromatic heterocycles. The fourth-order valence-corrected chi connectivity index (χ4v) is 3.08. The Hall–Kier alpha value is -3.47. The molecule has 0 saturated carbocycles. The first-order valence-electron chi connectivity index (χ1n) is 8.50. The average Bonchev–Trinajstić information content (AvgIpc) is 3.17. The number of hydrogen-bond donors (Lipinski definition) is 2. The van der Waals surface area contributed by atoms with Crippen molar-refractivity contribution in [3.8, 4) is 0 Å². The van der Waals surface area contributed by atoms with Crippen molar-refractivity contribution in [1.82, 2.24) is 20.7 Å². The minimum atomic E-state index is -0.119. The standard InChI is InChI=1S/C21H18N4O/c26-21(17-11-12-19-20(13-17)24-25-23-19)22-14-18(15-7-3-1-4-8-15)16-9-5-2-6-10-16/h1-13,18H,14H2,(H,22,26)(H,23,24,25). The third-order valence-electron chi connectivity index (χ3n) is 4.46. The van der Waals surface area contributed by atoms with Gasteiger partial charge < -0.3 is 5.32 Å². The summed E-state index contributed by atoms with van der Waals surface area (Å²) in [7, 11) is 0. The molecule has 0 atom stereocenters. The first-order valence-corrected chi connectivity index (χ1v) is 8.50. The number of carbonyl (C=O) groups excluding carboxylic acids is 1.